The average Bonchev–Trinajstić information content (AvgIpc) is 2.52. The first kappa shape index (κ1) is 14.5. The van der Waals surface area contributed by atoms with E-state index in [1.165, 1.54) is 5.56 Å². The molecule has 1 heterocycles. The van der Waals surface area contributed by atoms with Gasteiger partial charge in [-0.25, -0.2) is 4.98 Å². The second kappa shape index (κ2) is 7.60. The summed E-state index contributed by atoms with van der Waals surface area (Å²) in [6, 6.07) is 10.5. The lowest BCUT2D eigenvalue weighted by molar-refractivity contribution is 0.386. The fourth-order valence-corrected chi connectivity index (χ4v) is 2.25. The summed E-state index contributed by atoms with van der Waals surface area (Å²) >= 11 is 0. The van der Waals surface area contributed by atoms with E-state index in [2.05, 4.69) is 46.5 Å². The zero-order valence-electron chi connectivity index (χ0n) is 12.0. The molecule has 1 aromatic heterocycles. The smallest absolute Gasteiger partial charge is 0.235 e. The summed E-state index contributed by atoms with van der Waals surface area (Å²) in [5.41, 5.74) is 2.21. The van der Waals surface area contributed by atoms with Gasteiger partial charge in [-0.15, -0.1) is 0 Å². The molecule has 0 aliphatic carbocycles. The van der Waals surface area contributed by atoms with Crippen molar-refractivity contribution in [3.63, 3.8) is 0 Å². The van der Waals surface area contributed by atoms with Crippen LogP contribution in [0.4, 0.5) is 0 Å². The van der Waals surface area contributed by atoms with E-state index in [4.69, 9.17) is 4.74 Å². The van der Waals surface area contributed by atoms with Crippen molar-refractivity contribution in [3.8, 4) is 5.88 Å². The Balaban J connectivity index is 2.19. The topological polar surface area (TPSA) is 47.0 Å². The minimum atomic E-state index is 0.363. The van der Waals surface area contributed by atoms with Crippen LogP contribution in [0, 0.1) is 0 Å². The molecule has 2 aromatic rings. The third kappa shape index (κ3) is 3.78. The van der Waals surface area contributed by atoms with Crippen molar-refractivity contribution >= 4 is 0 Å². The first-order valence-electron chi connectivity index (χ1n) is 6.94. The van der Waals surface area contributed by atoms with Gasteiger partial charge in [-0.2, -0.15) is 0 Å². The molecule has 1 atom stereocenters. The van der Waals surface area contributed by atoms with Gasteiger partial charge < -0.3 is 10.1 Å². The maximum absolute atomic E-state index is 5.29. The molecule has 0 fully saturated rings. The van der Waals surface area contributed by atoms with Gasteiger partial charge in [0, 0.05) is 31.3 Å². The minimum Gasteiger partial charge on any atom is -0.480 e. The summed E-state index contributed by atoms with van der Waals surface area (Å²) in [6.45, 7) is 3.99. The van der Waals surface area contributed by atoms with Gasteiger partial charge >= 0.3 is 0 Å². The average molecular weight is 271 g/mol. The molecule has 0 bridgehead atoms. The zero-order valence-corrected chi connectivity index (χ0v) is 12.0. The van der Waals surface area contributed by atoms with Gasteiger partial charge in [0.2, 0.25) is 5.88 Å². The van der Waals surface area contributed by atoms with Gasteiger partial charge in [-0.1, -0.05) is 37.3 Å². The summed E-state index contributed by atoms with van der Waals surface area (Å²) in [7, 11) is 1.63. The van der Waals surface area contributed by atoms with Crippen LogP contribution in [0.5, 0.6) is 5.88 Å². The Bertz CT molecular complexity index is 516. The summed E-state index contributed by atoms with van der Waals surface area (Å²) in [5, 5.41) is 3.42. The largest absolute Gasteiger partial charge is 0.480 e. The molecular weight excluding hydrogens is 250 g/mol. The van der Waals surface area contributed by atoms with Crippen LogP contribution >= 0.6 is 0 Å². The van der Waals surface area contributed by atoms with Gasteiger partial charge in [0.25, 0.3) is 0 Å². The fraction of sp³-hybridized carbons (Fsp3) is 0.375. The molecule has 0 saturated carbocycles. The van der Waals surface area contributed by atoms with Crippen molar-refractivity contribution in [1.82, 2.24) is 15.3 Å². The third-order valence-electron chi connectivity index (χ3n) is 3.28. The van der Waals surface area contributed by atoms with Gasteiger partial charge in [0.05, 0.1) is 7.11 Å². The lowest BCUT2D eigenvalue weighted by atomic mass is 9.94. The maximum Gasteiger partial charge on any atom is 0.235 e. The maximum atomic E-state index is 5.29. The number of hydrogen-bond acceptors (Lipinski definition) is 4. The number of hydrogen-bond donors (Lipinski definition) is 1. The summed E-state index contributed by atoms with van der Waals surface area (Å²) < 4.78 is 5.29. The van der Waals surface area contributed by atoms with Crippen molar-refractivity contribution in [2.75, 3.05) is 20.2 Å². The van der Waals surface area contributed by atoms with Crippen molar-refractivity contribution in [3.05, 3.63) is 54.0 Å². The Morgan fingerprint density at radius 2 is 1.90 bits per heavy atom. The monoisotopic (exact) mass is 271 g/mol. The molecule has 106 valence electrons. The molecule has 0 spiro atoms. The molecule has 1 N–H and O–H groups in total. The third-order valence-corrected chi connectivity index (χ3v) is 3.28. The quantitative estimate of drug-likeness (QED) is 0.840. The van der Waals surface area contributed by atoms with Crippen LogP contribution in [0.1, 0.15) is 24.1 Å². The standard InChI is InChI=1S/C16H21N3O/c1-3-17-12-14(13-7-5-4-6-8-13)11-15-16(20-2)19-10-9-18-15/h4-10,14,17H,3,11-12H2,1-2H3. The number of benzene rings is 1. The number of ether oxygens (including phenoxy) is 1. The number of likely N-dealkylation sites (N-methyl/N-ethyl adjacent to an activating group) is 1. The highest BCUT2D eigenvalue weighted by Crippen LogP contribution is 2.23. The van der Waals surface area contributed by atoms with Crippen LogP contribution in [-0.4, -0.2) is 30.2 Å². The summed E-state index contributed by atoms with van der Waals surface area (Å²) in [6.07, 6.45) is 4.19. The molecule has 4 nitrogen and oxygen atoms in total. The highest BCUT2D eigenvalue weighted by molar-refractivity contribution is 5.25. The van der Waals surface area contributed by atoms with E-state index in [0.717, 1.165) is 25.2 Å². The van der Waals surface area contributed by atoms with Gasteiger partial charge in [0.15, 0.2) is 0 Å². The molecule has 1 unspecified atom stereocenters. The predicted octanol–water partition coefficient (Wildman–Crippen LogP) is 2.42. The number of aromatic nitrogens is 2. The first-order chi connectivity index (χ1) is 9.85. The molecule has 0 amide bonds. The van der Waals surface area contributed by atoms with Crippen molar-refractivity contribution < 1.29 is 4.74 Å². The molecule has 0 radical (unpaired) electrons. The molecule has 2 rings (SSSR count). The Hall–Kier alpha value is -1.94. The van der Waals surface area contributed by atoms with Crippen LogP contribution in [0.2, 0.25) is 0 Å². The lowest BCUT2D eigenvalue weighted by Crippen LogP contribution is -2.23. The van der Waals surface area contributed by atoms with E-state index < -0.39 is 0 Å². The van der Waals surface area contributed by atoms with Crippen molar-refractivity contribution in [2.24, 2.45) is 0 Å². The molecular formula is C16H21N3O. The van der Waals surface area contributed by atoms with E-state index in [-0.39, 0.29) is 0 Å². The number of nitrogens with zero attached hydrogens (tertiary/aromatic N) is 2. The Morgan fingerprint density at radius 3 is 2.60 bits per heavy atom. The van der Waals surface area contributed by atoms with Crippen LogP contribution in [0.3, 0.4) is 0 Å². The summed E-state index contributed by atoms with van der Waals surface area (Å²) in [5.74, 6) is 0.978. The van der Waals surface area contributed by atoms with Crippen LogP contribution in [0.25, 0.3) is 0 Å². The normalized spacial score (nSPS) is 12.1. The first-order valence-corrected chi connectivity index (χ1v) is 6.94. The second-order valence-electron chi connectivity index (χ2n) is 4.63. The molecule has 0 aliphatic heterocycles. The highest BCUT2D eigenvalue weighted by atomic mass is 16.5. The predicted molar refractivity (Wildman–Crippen MR) is 80.0 cm³/mol. The van der Waals surface area contributed by atoms with E-state index in [0.29, 0.717) is 11.8 Å². The fourth-order valence-electron chi connectivity index (χ4n) is 2.25. The van der Waals surface area contributed by atoms with Crippen LogP contribution in [0.15, 0.2) is 42.7 Å². The van der Waals surface area contributed by atoms with Crippen molar-refractivity contribution in [2.45, 2.75) is 19.3 Å². The SMILES string of the molecule is CCNCC(Cc1nccnc1OC)c1ccccc1. The van der Waals surface area contributed by atoms with E-state index in [1.807, 2.05) is 6.07 Å². The van der Waals surface area contributed by atoms with Crippen LogP contribution in [-0.2, 0) is 6.42 Å². The van der Waals surface area contributed by atoms with E-state index >= 15 is 0 Å². The number of methoxy groups -OCH3 is 1. The Morgan fingerprint density at radius 1 is 1.15 bits per heavy atom. The Kier molecular flexibility index (Phi) is 5.50. The molecule has 0 saturated heterocycles. The molecule has 20 heavy (non-hydrogen) atoms. The van der Waals surface area contributed by atoms with Crippen LogP contribution < -0.4 is 10.1 Å². The Labute approximate surface area is 120 Å². The van der Waals surface area contributed by atoms with Crippen molar-refractivity contribution in [1.29, 1.82) is 0 Å². The minimum absolute atomic E-state index is 0.363. The zero-order chi connectivity index (χ0) is 14.2. The molecule has 0 aliphatic rings. The highest BCUT2D eigenvalue weighted by Gasteiger charge is 2.16. The van der Waals surface area contributed by atoms with Gasteiger partial charge in [0.1, 0.15) is 5.69 Å². The van der Waals surface area contributed by atoms with Gasteiger partial charge in [-0.3, -0.25) is 4.98 Å². The summed E-state index contributed by atoms with van der Waals surface area (Å²) in [4.78, 5) is 8.63. The molecule has 4 heteroatoms. The molecule has 1 aromatic carbocycles. The lowest BCUT2D eigenvalue weighted by Gasteiger charge is -2.18. The van der Waals surface area contributed by atoms with E-state index in [1.54, 1.807) is 19.5 Å². The number of nitrogens with one attached hydrogen (secondary N) is 1. The second-order valence-corrected chi connectivity index (χ2v) is 4.63. The van der Waals surface area contributed by atoms with Gasteiger partial charge in [-0.05, 0) is 12.1 Å². The van der Waals surface area contributed by atoms with E-state index in [9.17, 15) is 0 Å². The number of rotatable bonds is 7.